The molecule has 0 saturated heterocycles. The SMILES string of the molecule is S=c1[nH]ncn1/N=C\c1ccncc1. The minimum Gasteiger partial charge on any atom is -0.265 e. The van der Waals surface area contributed by atoms with Gasteiger partial charge in [0, 0.05) is 12.4 Å². The molecule has 0 saturated carbocycles. The number of aromatic nitrogens is 4. The maximum absolute atomic E-state index is 4.92. The van der Waals surface area contributed by atoms with E-state index in [-0.39, 0.29) is 0 Å². The summed E-state index contributed by atoms with van der Waals surface area (Å²) in [7, 11) is 0. The molecule has 0 spiro atoms. The topological polar surface area (TPSA) is 58.9 Å². The van der Waals surface area contributed by atoms with Crippen LogP contribution in [0.4, 0.5) is 0 Å². The van der Waals surface area contributed by atoms with Gasteiger partial charge in [0.05, 0.1) is 6.21 Å². The maximum Gasteiger partial charge on any atom is 0.216 e. The summed E-state index contributed by atoms with van der Waals surface area (Å²) in [6, 6.07) is 3.71. The third-order valence-electron chi connectivity index (χ3n) is 1.57. The first kappa shape index (κ1) is 8.76. The number of hydrogen-bond acceptors (Lipinski definition) is 4. The molecule has 6 heteroatoms. The van der Waals surface area contributed by atoms with Crippen LogP contribution in [-0.4, -0.2) is 26.1 Å². The molecule has 1 N–H and O–H groups in total. The van der Waals surface area contributed by atoms with Crippen LogP contribution in [0.2, 0.25) is 0 Å². The Balaban J connectivity index is 2.24. The number of nitrogens with one attached hydrogen (secondary N) is 1. The highest BCUT2D eigenvalue weighted by Gasteiger charge is 1.88. The molecule has 70 valence electrons. The standard InChI is InChI=1S/C8H7N5S/c14-8-12-10-6-13(8)11-5-7-1-3-9-4-2-7/h1-6H,(H,12,14)/b11-5-. The molecule has 0 aliphatic heterocycles. The normalized spacial score (nSPS) is 10.9. The number of pyridine rings is 1. The molecule has 2 aromatic rings. The lowest BCUT2D eigenvalue weighted by Crippen LogP contribution is -1.88. The average molecular weight is 205 g/mol. The van der Waals surface area contributed by atoms with Gasteiger partial charge in [0.2, 0.25) is 4.77 Å². The summed E-state index contributed by atoms with van der Waals surface area (Å²) >= 11 is 4.92. The van der Waals surface area contributed by atoms with E-state index in [1.807, 2.05) is 12.1 Å². The zero-order valence-corrected chi connectivity index (χ0v) is 7.98. The molecule has 2 heterocycles. The van der Waals surface area contributed by atoms with E-state index in [1.54, 1.807) is 18.6 Å². The van der Waals surface area contributed by atoms with Gasteiger partial charge < -0.3 is 0 Å². The van der Waals surface area contributed by atoms with Crippen LogP contribution in [-0.2, 0) is 0 Å². The Morgan fingerprint density at radius 1 is 1.43 bits per heavy atom. The van der Waals surface area contributed by atoms with Crippen molar-refractivity contribution in [1.82, 2.24) is 19.9 Å². The summed E-state index contributed by atoms with van der Waals surface area (Å²) < 4.78 is 1.95. The number of nitrogens with zero attached hydrogens (tertiary/aromatic N) is 4. The number of hydrogen-bond donors (Lipinski definition) is 1. The summed E-state index contributed by atoms with van der Waals surface area (Å²) in [5, 5.41) is 10.5. The van der Waals surface area contributed by atoms with E-state index in [0.717, 1.165) is 5.56 Å². The summed E-state index contributed by atoms with van der Waals surface area (Å²) in [6.45, 7) is 0. The molecular weight excluding hydrogens is 198 g/mol. The molecule has 0 aliphatic carbocycles. The van der Waals surface area contributed by atoms with E-state index in [0.29, 0.717) is 4.77 Å². The second-order valence-corrected chi connectivity index (χ2v) is 2.92. The Morgan fingerprint density at radius 3 is 2.86 bits per heavy atom. The van der Waals surface area contributed by atoms with Crippen molar-refractivity contribution < 1.29 is 0 Å². The lowest BCUT2D eigenvalue weighted by Gasteiger charge is -1.90. The molecule has 14 heavy (non-hydrogen) atoms. The van der Waals surface area contributed by atoms with Crippen LogP contribution in [0.15, 0.2) is 36.0 Å². The predicted octanol–water partition coefficient (Wildman–Crippen LogP) is 1.22. The first-order valence-electron chi connectivity index (χ1n) is 3.93. The smallest absolute Gasteiger partial charge is 0.216 e. The van der Waals surface area contributed by atoms with Crippen LogP contribution in [0.5, 0.6) is 0 Å². The number of aromatic amines is 1. The Labute approximate surface area is 85.1 Å². The monoisotopic (exact) mass is 205 g/mol. The van der Waals surface area contributed by atoms with E-state index < -0.39 is 0 Å². The van der Waals surface area contributed by atoms with Gasteiger partial charge in [0.15, 0.2) is 0 Å². The van der Waals surface area contributed by atoms with E-state index in [4.69, 9.17) is 12.2 Å². The van der Waals surface area contributed by atoms with Crippen LogP contribution in [0.1, 0.15) is 5.56 Å². The Morgan fingerprint density at radius 2 is 2.21 bits per heavy atom. The van der Waals surface area contributed by atoms with Gasteiger partial charge in [-0.3, -0.25) is 10.1 Å². The van der Waals surface area contributed by atoms with Crippen LogP contribution < -0.4 is 0 Å². The van der Waals surface area contributed by atoms with Crippen molar-refractivity contribution in [1.29, 1.82) is 0 Å². The fraction of sp³-hybridized carbons (Fsp3) is 0. The second kappa shape index (κ2) is 3.93. The molecule has 2 rings (SSSR count). The van der Waals surface area contributed by atoms with Gasteiger partial charge in [-0.2, -0.15) is 14.9 Å². The zero-order valence-electron chi connectivity index (χ0n) is 7.16. The van der Waals surface area contributed by atoms with Crippen molar-refractivity contribution in [3.63, 3.8) is 0 Å². The Hall–Kier alpha value is -1.82. The van der Waals surface area contributed by atoms with Crippen LogP contribution in [0, 0.1) is 4.77 Å². The lowest BCUT2D eigenvalue weighted by molar-refractivity contribution is 0.862. The van der Waals surface area contributed by atoms with Crippen molar-refractivity contribution in [2.24, 2.45) is 5.10 Å². The first-order chi connectivity index (χ1) is 6.86. The lowest BCUT2D eigenvalue weighted by atomic mass is 10.3. The highest BCUT2D eigenvalue weighted by molar-refractivity contribution is 7.71. The third-order valence-corrected chi connectivity index (χ3v) is 1.85. The molecule has 5 nitrogen and oxygen atoms in total. The summed E-state index contributed by atoms with van der Waals surface area (Å²) in [6.07, 6.45) is 6.61. The highest BCUT2D eigenvalue weighted by atomic mass is 32.1. The van der Waals surface area contributed by atoms with Crippen LogP contribution >= 0.6 is 12.2 Å². The molecule has 0 unspecified atom stereocenters. The molecule has 2 aromatic heterocycles. The molecule has 0 fully saturated rings. The van der Waals surface area contributed by atoms with Crippen LogP contribution in [0.3, 0.4) is 0 Å². The zero-order chi connectivity index (χ0) is 9.80. The van der Waals surface area contributed by atoms with Crippen molar-refractivity contribution in [2.45, 2.75) is 0 Å². The van der Waals surface area contributed by atoms with Gasteiger partial charge in [-0.1, -0.05) is 0 Å². The molecular formula is C8H7N5S. The molecule has 0 radical (unpaired) electrons. The first-order valence-corrected chi connectivity index (χ1v) is 4.33. The fourth-order valence-electron chi connectivity index (χ4n) is 0.903. The Kier molecular flexibility index (Phi) is 2.46. The predicted molar refractivity (Wildman–Crippen MR) is 54.6 cm³/mol. The van der Waals surface area contributed by atoms with E-state index in [1.165, 1.54) is 11.0 Å². The average Bonchev–Trinajstić information content (AvgIpc) is 2.63. The number of H-pyrrole nitrogens is 1. The molecule has 0 atom stereocenters. The fourth-order valence-corrected chi connectivity index (χ4v) is 1.05. The van der Waals surface area contributed by atoms with E-state index in [2.05, 4.69) is 20.3 Å². The van der Waals surface area contributed by atoms with E-state index in [9.17, 15) is 0 Å². The van der Waals surface area contributed by atoms with Gasteiger partial charge >= 0.3 is 0 Å². The minimum absolute atomic E-state index is 0.468. The largest absolute Gasteiger partial charge is 0.265 e. The van der Waals surface area contributed by atoms with Gasteiger partial charge in [-0.15, -0.1) is 0 Å². The van der Waals surface area contributed by atoms with Gasteiger partial charge in [0.25, 0.3) is 0 Å². The third kappa shape index (κ3) is 1.91. The van der Waals surface area contributed by atoms with Gasteiger partial charge in [0.1, 0.15) is 6.33 Å². The van der Waals surface area contributed by atoms with Gasteiger partial charge in [-0.25, -0.2) is 0 Å². The van der Waals surface area contributed by atoms with Crippen molar-refractivity contribution >= 4 is 18.4 Å². The maximum atomic E-state index is 4.92. The summed E-state index contributed by atoms with van der Waals surface area (Å²) in [4.78, 5) is 3.90. The molecule has 0 amide bonds. The number of rotatable bonds is 2. The van der Waals surface area contributed by atoms with Crippen molar-refractivity contribution in [3.8, 4) is 0 Å². The summed E-state index contributed by atoms with van der Waals surface area (Å²) in [5.74, 6) is 0. The second-order valence-electron chi connectivity index (χ2n) is 2.53. The molecule has 0 bridgehead atoms. The van der Waals surface area contributed by atoms with Crippen molar-refractivity contribution in [2.75, 3.05) is 0 Å². The van der Waals surface area contributed by atoms with Crippen molar-refractivity contribution in [3.05, 3.63) is 41.2 Å². The summed E-state index contributed by atoms with van der Waals surface area (Å²) in [5.41, 5.74) is 0.961. The molecule has 0 aliphatic rings. The van der Waals surface area contributed by atoms with Crippen LogP contribution in [0.25, 0.3) is 0 Å². The Bertz CT molecular complexity index is 484. The van der Waals surface area contributed by atoms with E-state index >= 15 is 0 Å². The molecule has 0 aromatic carbocycles. The highest BCUT2D eigenvalue weighted by Crippen LogP contribution is 1.92. The quantitative estimate of drug-likeness (QED) is 0.592. The minimum atomic E-state index is 0.468. The van der Waals surface area contributed by atoms with Gasteiger partial charge in [-0.05, 0) is 29.9 Å².